The van der Waals surface area contributed by atoms with E-state index in [2.05, 4.69) is 6.92 Å². The maximum atomic E-state index is 12.3. The molecule has 0 unspecified atom stereocenters. The van der Waals surface area contributed by atoms with Crippen molar-refractivity contribution < 1.29 is 9.90 Å². The van der Waals surface area contributed by atoms with Gasteiger partial charge in [-0.1, -0.05) is 13.3 Å². The summed E-state index contributed by atoms with van der Waals surface area (Å²) in [6.07, 6.45) is 6.42. The van der Waals surface area contributed by atoms with Crippen LogP contribution in [0.4, 0.5) is 0 Å². The van der Waals surface area contributed by atoms with Gasteiger partial charge in [0.05, 0.1) is 6.61 Å². The number of amides is 1. The predicted molar refractivity (Wildman–Crippen MR) is 118 cm³/mol. The number of aliphatic hydroxyl groups is 1. The average Bonchev–Trinajstić information content (AvgIpc) is 2.62. The van der Waals surface area contributed by atoms with Crippen molar-refractivity contribution in [1.29, 1.82) is 0 Å². The van der Waals surface area contributed by atoms with E-state index < -0.39 is 0 Å². The first kappa shape index (κ1) is 25.4. The molecule has 0 aliphatic carbocycles. The minimum atomic E-state index is 0.0574. The van der Waals surface area contributed by atoms with E-state index in [4.69, 9.17) is 5.73 Å². The van der Waals surface area contributed by atoms with Gasteiger partial charge in [0.15, 0.2) is 0 Å². The predicted octanol–water partition coefficient (Wildman–Crippen LogP) is 3.33. The van der Waals surface area contributed by atoms with Crippen LogP contribution in [0.15, 0.2) is 0 Å². The Labute approximate surface area is 167 Å². The second-order valence-corrected chi connectivity index (χ2v) is 9.57. The van der Waals surface area contributed by atoms with Crippen molar-refractivity contribution in [3.63, 3.8) is 0 Å². The monoisotopic (exact) mass is 410 g/mol. The normalized spacial score (nSPS) is 11.0. The third-order valence-corrected chi connectivity index (χ3v) is 6.99. The zero-order valence-corrected chi connectivity index (χ0v) is 18.4. The van der Waals surface area contributed by atoms with Gasteiger partial charge in [-0.3, -0.25) is 4.79 Å². The molecule has 0 aromatic rings. The summed E-state index contributed by atoms with van der Waals surface area (Å²) in [5.74, 6) is 6.87. The Balaban J connectivity index is 3.64. The molecule has 25 heavy (non-hydrogen) atoms. The van der Waals surface area contributed by atoms with Crippen LogP contribution in [0, 0.1) is 0 Å². The van der Waals surface area contributed by atoms with E-state index in [0.29, 0.717) is 13.0 Å². The lowest BCUT2D eigenvalue weighted by molar-refractivity contribution is -0.131. The summed E-state index contributed by atoms with van der Waals surface area (Å²) in [5.41, 5.74) is 5.47. The van der Waals surface area contributed by atoms with Crippen molar-refractivity contribution in [3.8, 4) is 0 Å². The molecule has 1 amide bonds. The first-order valence-corrected chi connectivity index (χ1v) is 13.0. The Bertz CT molecular complexity index is 297. The van der Waals surface area contributed by atoms with Crippen LogP contribution in [0.25, 0.3) is 0 Å². The second kappa shape index (κ2) is 20.7. The fraction of sp³-hybridized carbons (Fsp3) is 0.944. The highest BCUT2D eigenvalue weighted by Crippen LogP contribution is 2.11. The van der Waals surface area contributed by atoms with Gasteiger partial charge in [-0.05, 0) is 61.0 Å². The molecule has 0 aromatic carbocycles. The number of rotatable bonds is 19. The largest absolute Gasteiger partial charge is 0.395 e. The number of thioether (sulfide) groups is 3. The summed E-state index contributed by atoms with van der Waals surface area (Å²) in [7, 11) is 0. The van der Waals surface area contributed by atoms with Gasteiger partial charge < -0.3 is 15.7 Å². The van der Waals surface area contributed by atoms with Crippen LogP contribution in [0.2, 0.25) is 0 Å². The van der Waals surface area contributed by atoms with E-state index in [9.17, 15) is 9.90 Å². The van der Waals surface area contributed by atoms with Crippen LogP contribution in [0.5, 0.6) is 0 Å². The highest BCUT2D eigenvalue weighted by Gasteiger charge is 2.12. The fourth-order valence-corrected chi connectivity index (χ4v) is 5.17. The number of hydrogen-bond donors (Lipinski definition) is 2. The van der Waals surface area contributed by atoms with Crippen molar-refractivity contribution in [2.45, 2.75) is 45.4 Å². The average molecular weight is 411 g/mol. The van der Waals surface area contributed by atoms with Gasteiger partial charge in [0, 0.05) is 25.3 Å². The first-order chi connectivity index (χ1) is 12.3. The Kier molecular flexibility index (Phi) is 21.1. The number of aliphatic hydroxyl groups excluding tert-OH is 1. The topological polar surface area (TPSA) is 66.6 Å². The highest BCUT2D eigenvalue weighted by atomic mass is 32.2. The Morgan fingerprint density at radius 1 is 0.880 bits per heavy atom. The molecule has 0 aliphatic heterocycles. The third-order valence-electron chi connectivity index (χ3n) is 3.61. The van der Waals surface area contributed by atoms with E-state index in [1.54, 1.807) is 0 Å². The molecule has 4 nitrogen and oxygen atoms in total. The van der Waals surface area contributed by atoms with Crippen molar-refractivity contribution >= 4 is 41.2 Å². The summed E-state index contributed by atoms with van der Waals surface area (Å²) in [5, 5.41) is 9.17. The van der Waals surface area contributed by atoms with Crippen molar-refractivity contribution in [1.82, 2.24) is 4.90 Å². The molecule has 3 N–H and O–H groups in total. The van der Waals surface area contributed by atoms with E-state index in [1.165, 1.54) is 30.8 Å². The van der Waals surface area contributed by atoms with Crippen molar-refractivity contribution in [2.75, 3.05) is 60.8 Å². The number of nitrogens with two attached hydrogens (primary N) is 1. The molecule has 0 saturated carbocycles. The van der Waals surface area contributed by atoms with Gasteiger partial charge in [0.2, 0.25) is 5.91 Å². The molecule has 0 radical (unpaired) electrons. The molecular formula is C18H38N2O2S3. The third kappa shape index (κ3) is 17.6. The minimum absolute atomic E-state index is 0.0574. The van der Waals surface area contributed by atoms with E-state index in [0.717, 1.165) is 48.9 Å². The van der Waals surface area contributed by atoms with E-state index in [-0.39, 0.29) is 12.5 Å². The summed E-state index contributed by atoms with van der Waals surface area (Å²) >= 11 is 5.81. The molecular weight excluding hydrogens is 372 g/mol. The maximum Gasteiger partial charge on any atom is 0.223 e. The van der Waals surface area contributed by atoms with Gasteiger partial charge in [-0.25, -0.2) is 0 Å². The molecule has 0 fully saturated rings. The molecule has 0 heterocycles. The molecule has 0 aliphatic rings. The van der Waals surface area contributed by atoms with Crippen LogP contribution in [0.1, 0.15) is 45.4 Å². The molecule has 0 saturated heterocycles. The smallest absolute Gasteiger partial charge is 0.223 e. The standard InChI is InChI=1S/C18H38N2O2S3/c1-2-3-12-23-14-5-9-20(10-11-21)18(22)7-17-25-16-6-15-24-13-4-8-19/h21H,2-17,19H2,1H3. The van der Waals surface area contributed by atoms with Crippen LogP contribution < -0.4 is 5.73 Å². The molecule has 0 spiro atoms. The second-order valence-electron chi connectivity index (χ2n) is 5.89. The lowest BCUT2D eigenvalue weighted by atomic mass is 10.3. The van der Waals surface area contributed by atoms with Crippen LogP contribution in [0.3, 0.4) is 0 Å². The van der Waals surface area contributed by atoms with Crippen LogP contribution >= 0.6 is 35.3 Å². The molecule has 7 heteroatoms. The first-order valence-electron chi connectivity index (χ1n) is 9.58. The van der Waals surface area contributed by atoms with Crippen molar-refractivity contribution in [3.05, 3.63) is 0 Å². The molecule has 0 bridgehead atoms. The summed E-state index contributed by atoms with van der Waals surface area (Å²) < 4.78 is 0. The zero-order chi connectivity index (χ0) is 18.6. The van der Waals surface area contributed by atoms with Crippen LogP contribution in [-0.2, 0) is 4.79 Å². The zero-order valence-electron chi connectivity index (χ0n) is 15.9. The Hall–Kier alpha value is 0.440. The minimum Gasteiger partial charge on any atom is -0.395 e. The van der Waals surface area contributed by atoms with Gasteiger partial charge >= 0.3 is 0 Å². The van der Waals surface area contributed by atoms with Gasteiger partial charge in [-0.15, -0.1) is 0 Å². The number of nitrogens with zero attached hydrogens (tertiary/aromatic N) is 1. The SMILES string of the molecule is CCCCSCCCN(CCO)C(=O)CCSCCCSCCCN. The number of hydrogen-bond acceptors (Lipinski definition) is 6. The number of unbranched alkanes of at least 4 members (excludes halogenated alkanes) is 1. The quantitative estimate of drug-likeness (QED) is 0.318. The van der Waals surface area contributed by atoms with E-state index in [1.807, 2.05) is 40.2 Å². The molecule has 150 valence electrons. The van der Waals surface area contributed by atoms with Crippen molar-refractivity contribution in [2.24, 2.45) is 5.73 Å². The Morgan fingerprint density at radius 3 is 2.12 bits per heavy atom. The maximum absolute atomic E-state index is 12.3. The fourth-order valence-electron chi connectivity index (χ4n) is 2.16. The molecule has 0 rings (SSSR count). The number of carbonyl (C=O) groups is 1. The lowest BCUT2D eigenvalue weighted by Crippen LogP contribution is -2.34. The summed E-state index contributed by atoms with van der Waals surface area (Å²) in [4.78, 5) is 14.1. The van der Waals surface area contributed by atoms with Gasteiger partial charge in [0.25, 0.3) is 0 Å². The Morgan fingerprint density at radius 2 is 1.48 bits per heavy atom. The molecule has 0 aromatic heterocycles. The molecule has 0 atom stereocenters. The number of carbonyl (C=O) groups excluding carboxylic acids is 1. The van der Waals surface area contributed by atoms with Crippen LogP contribution in [-0.4, -0.2) is 76.7 Å². The van der Waals surface area contributed by atoms with Gasteiger partial charge in [0.1, 0.15) is 0 Å². The highest BCUT2D eigenvalue weighted by molar-refractivity contribution is 8.00. The van der Waals surface area contributed by atoms with Gasteiger partial charge in [-0.2, -0.15) is 35.3 Å². The summed E-state index contributed by atoms with van der Waals surface area (Å²) in [6, 6.07) is 0. The lowest BCUT2D eigenvalue weighted by Gasteiger charge is -2.21. The summed E-state index contributed by atoms with van der Waals surface area (Å²) in [6.45, 7) is 4.30. The van der Waals surface area contributed by atoms with E-state index >= 15 is 0 Å².